The molecule has 11 heteroatoms. The number of rotatable bonds is 11. The molecule has 0 aliphatic heterocycles. The van der Waals surface area contributed by atoms with E-state index in [1.165, 1.54) is 48.5 Å². The van der Waals surface area contributed by atoms with E-state index in [1.54, 1.807) is 12.1 Å². The number of benzene rings is 2. The number of nitrogens with one attached hydrogen (secondary N) is 1. The fraction of sp³-hybridized carbons (Fsp3) is 0.346. The Kier molecular flexibility index (Phi) is 11.6. The molecule has 1 aromatic heterocycles. The Labute approximate surface area is 219 Å². The number of aliphatic hydroxyl groups is 1. The summed E-state index contributed by atoms with van der Waals surface area (Å²) in [5, 5.41) is 12.7. The van der Waals surface area contributed by atoms with Crippen LogP contribution in [0, 0.1) is 11.6 Å². The molecule has 2 aromatic carbocycles. The third kappa shape index (κ3) is 8.63. The third-order valence-corrected chi connectivity index (χ3v) is 5.87. The number of aromatic nitrogens is 1. The van der Waals surface area contributed by atoms with Crippen LogP contribution in [0.5, 0.6) is 0 Å². The lowest BCUT2D eigenvalue weighted by atomic mass is 10.1. The van der Waals surface area contributed by atoms with Gasteiger partial charge in [0.15, 0.2) is 0 Å². The Morgan fingerprint density at radius 1 is 1.16 bits per heavy atom. The van der Waals surface area contributed by atoms with Gasteiger partial charge in [-0.3, -0.25) is 10.1 Å². The van der Waals surface area contributed by atoms with Gasteiger partial charge in [-0.15, -0.1) is 0 Å². The number of aliphatic hydroxyl groups excluding tert-OH is 1. The maximum Gasteiger partial charge on any atom is 0.412 e. The quantitative estimate of drug-likeness (QED) is 0.340. The summed E-state index contributed by atoms with van der Waals surface area (Å²) in [6, 6.07) is 9.46. The molecule has 0 saturated carbocycles. The molecule has 0 fully saturated rings. The molecule has 3 aromatic rings. The summed E-state index contributed by atoms with van der Waals surface area (Å²) < 4.78 is 37.8. The molecular weight excluding hydrogens is 508 g/mol. The molecule has 0 bridgehead atoms. The number of ether oxygens (including phenoxy) is 2. The number of halogens is 3. The first-order chi connectivity index (χ1) is 17.3. The minimum absolute atomic E-state index is 0. The number of pyridine rings is 1. The van der Waals surface area contributed by atoms with E-state index in [0.717, 1.165) is 0 Å². The summed E-state index contributed by atoms with van der Waals surface area (Å²) in [5.74, 6) is -1.10. The first-order valence-electron chi connectivity index (χ1n) is 11.1. The van der Waals surface area contributed by atoms with Crippen molar-refractivity contribution < 1.29 is 33.0 Å². The summed E-state index contributed by atoms with van der Waals surface area (Å²) in [6.45, 7) is -0.369. The van der Waals surface area contributed by atoms with Crippen molar-refractivity contribution in [1.29, 1.82) is 0 Å². The number of amides is 2. The molecule has 2 amide bonds. The Hall–Kier alpha value is -3.34. The summed E-state index contributed by atoms with van der Waals surface area (Å²) in [4.78, 5) is 30.6. The molecule has 0 unspecified atom stereocenters. The van der Waals surface area contributed by atoms with Crippen molar-refractivity contribution in [3.8, 4) is 0 Å². The fourth-order valence-electron chi connectivity index (χ4n) is 3.41. The minimum Gasteiger partial charge on any atom is -0.447 e. The molecule has 0 aliphatic carbocycles. The van der Waals surface area contributed by atoms with Crippen molar-refractivity contribution in [2.45, 2.75) is 26.3 Å². The summed E-state index contributed by atoms with van der Waals surface area (Å²) in [5.41, 5.74) is 0.505. The molecule has 0 aliphatic rings. The minimum atomic E-state index is -0.821. The normalized spacial score (nSPS) is 11.5. The second-order valence-electron chi connectivity index (χ2n) is 7.95. The van der Waals surface area contributed by atoms with Gasteiger partial charge in [-0.25, -0.2) is 18.6 Å². The monoisotopic (exact) mass is 537 g/mol. The number of hydrogen-bond acceptors (Lipinski definition) is 6. The van der Waals surface area contributed by atoms with Crippen LogP contribution in [0.25, 0.3) is 10.8 Å². The standard InChI is InChI=1S/C25H26ClF2N3O5.CH4/c1-31(23(33)8-6-16-3-2-4-21(28)24(16)26)20(14-35-10-9-32)15-36-25(34)30-22-12-18-11-19(27)7-5-17(18)13-29-22;/h2-5,7,11-13,20,32H,6,8-10,14-15H2,1H3,(H,29,30,34);1H4/t20-;/m0./s1. The van der Waals surface area contributed by atoms with Gasteiger partial charge >= 0.3 is 6.09 Å². The Bertz CT molecular complexity index is 1210. The summed E-state index contributed by atoms with van der Waals surface area (Å²) in [7, 11) is 1.53. The van der Waals surface area contributed by atoms with Crippen LogP contribution in [0.3, 0.4) is 0 Å². The number of aryl methyl sites for hydroxylation is 1. The lowest BCUT2D eigenvalue weighted by molar-refractivity contribution is -0.134. The van der Waals surface area contributed by atoms with Crippen molar-refractivity contribution in [3.63, 3.8) is 0 Å². The van der Waals surface area contributed by atoms with Crippen LogP contribution < -0.4 is 5.32 Å². The van der Waals surface area contributed by atoms with Crippen molar-refractivity contribution >= 4 is 40.2 Å². The second-order valence-corrected chi connectivity index (χ2v) is 8.33. The van der Waals surface area contributed by atoms with E-state index in [2.05, 4.69) is 10.3 Å². The fourth-order valence-corrected chi connectivity index (χ4v) is 3.63. The highest BCUT2D eigenvalue weighted by Crippen LogP contribution is 2.21. The van der Waals surface area contributed by atoms with Crippen LogP contribution in [-0.2, 0) is 20.7 Å². The number of hydrogen-bond donors (Lipinski definition) is 2. The van der Waals surface area contributed by atoms with Crippen molar-refractivity contribution in [2.75, 3.05) is 38.8 Å². The third-order valence-electron chi connectivity index (χ3n) is 5.45. The Morgan fingerprint density at radius 3 is 2.70 bits per heavy atom. The molecule has 8 nitrogen and oxygen atoms in total. The van der Waals surface area contributed by atoms with Gasteiger partial charge in [0, 0.05) is 25.1 Å². The van der Waals surface area contributed by atoms with E-state index in [4.69, 9.17) is 26.2 Å². The van der Waals surface area contributed by atoms with Gasteiger partial charge in [-0.1, -0.05) is 31.2 Å². The van der Waals surface area contributed by atoms with Crippen LogP contribution in [0.4, 0.5) is 19.4 Å². The van der Waals surface area contributed by atoms with Crippen molar-refractivity contribution in [3.05, 3.63) is 70.9 Å². The number of nitrogens with zero attached hydrogens (tertiary/aromatic N) is 2. The van der Waals surface area contributed by atoms with Crippen LogP contribution in [0.2, 0.25) is 5.02 Å². The van der Waals surface area contributed by atoms with E-state index in [9.17, 15) is 18.4 Å². The lowest BCUT2D eigenvalue weighted by Gasteiger charge is -2.28. The van der Waals surface area contributed by atoms with E-state index >= 15 is 0 Å². The Morgan fingerprint density at radius 2 is 1.95 bits per heavy atom. The van der Waals surface area contributed by atoms with E-state index < -0.39 is 23.8 Å². The molecule has 2 N–H and O–H groups in total. The molecule has 200 valence electrons. The molecule has 1 atom stereocenters. The van der Waals surface area contributed by atoms with E-state index in [0.29, 0.717) is 16.3 Å². The zero-order valence-corrected chi connectivity index (χ0v) is 20.3. The highest BCUT2D eigenvalue weighted by atomic mass is 35.5. The lowest BCUT2D eigenvalue weighted by Crippen LogP contribution is -2.44. The molecule has 3 rings (SSSR count). The topological polar surface area (TPSA) is 101 Å². The first kappa shape index (κ1) is 29.9. The number of carbonyl (C=O) groups excluding carboxylic acids is 2. The second kappa shape index (κ2) is 14.4. The van der Waals surface area contributed by atoms with E-state index in [1.807, 2.05) is 0 Å². The van der Waals surface area contributed by atoms with Gasteiger partial charge in [0.1, 0.15) is 24.1 Å². The van der Waals surface area contributed by atoms with Crippen molar-refractivity contribution in [1.82, 2.24) is 9.88 Å². The molecule has 0 radical (unpaired) electrons. The van der Waals surface area contributed by atoms with Gasteiger partial charge in [-0.05, 0) is 47.7 Å². The maximum absolute atomic E-state index is 13.7. The maximum atomic E-state index is 13.7. The first-order valence-corrected chi connectivity index (χ1v) is 11.5. The average molecular weight is 538 g/mol. The molecule has 37 heavy (non-hydrogen) atoms. The Balaban J connectivity index is 0.00000481. The molecule has 0 saturated heterocycles. The summed E-state index contributed by atoms with van der Waals surface area (Å²) in [6.07, 6.45) is 0.935. The average Bonchev–Trinajstić information content (AvgIpc) is 2.86. The van der Waals surface area contributed by atoms with Gasteiger partial charge < -0.3 is 19.5 Å². The zero-order valence-electron chi connectivity index (χ0n) is 19.5. The summed E-state index contributed by atoms with van der Waals surface area (Å²) >= 11 is 5.96. The predicted molar refractivity (Wildman–Crippen MR) is 138 cm³/mol. The van der Waals surface area contributed by atoms with Gasteiger partial charge in [0.05, 0.1) is 30.9 Å². The van der Waals surface area contributed by atoms with Crippen LogP contribution >= 0.6 is 11.6 Å². The van der Waals surface area contributed by atoms with Gasteiger partial charge in [0.25, 0.3) is 0 Å². The van der Waals surface area contributed by atoms with Crippen LogP contribution in [-0.4, -0.2) is 66.5 Å². The largest absolute Gasteiger partial charge is 0.447 e. The zero-order chi connectivity index (χ0) is 26.1. The number of fused-ring (bicyclic) bond motifs is 1. The number of anilines is 1. The van der Waals surface area contributed by atoms with Gasteiger partial charge in [-0.2, -0.15) is 0 Å². The van der Waals surface area contributed by atoms with Crippen LogP contribution in [0.15, 0.2) is 48.7 Å². The molecule has 1 heterocycles. The number of likely N-dealkylation sites (N-methyl/N-ethyl adjacent to an activating group) is 1. The van der Waals surface area contributed by atoms with Crippen molar-refractivity contribution in [2.24, 2.45) is 0 Å². The SMILES string of the molecule is C.CN(C(=O)CCc1cccc(F)c1Cl)[C@@H](COCCO)COC(=O)Nc1cc2cc(F)ccc2cn1. The molecular formula is C26H30ClF2N3O5. The highest BCUT2D eigenvalue weighted by Gasteiger charge is 2.22. The van der Waals surface area contributed by atoms with Crippen LogP contribution in [0.1, 0.15) is 19.4 Å². The number of carbonyl (C=O) groups is 2. The predicted octanol–water partition coefficient (Wildman–Crippen LogP) is 4.82. The highest BCUT2D eigenvalue weighted by molar-refractivity contribution is 6.31. The molecule has 0 spiro atoms. The van der Waals surface area contributed by atoms with Gasteiger partial charge in [0.2, 0.25) is 5.91 Å². The van der Waals surface area contributed by atoms with E-state index in [-0.39, 0.29) is 63.4 Å². The smallest absolute Gasteiger partial charge is 0.412 e.